The normalized spacial score (nSPS) is 11.9. The molecular weight excluding hydrogens is 268 g/mol. The van der Waals surface area contributed by atoms with Gasteiger partial charge < -0.3 is 21.3 Å². The van der Waals surface area contributed by atoms with Crippen molar-refractivity contribution in [2.24, 2.45) is 5.73 Å². The van der Waals surface area contributed by atoms with Crippen molar-refractivity contribution in [1.29, 1.82) is 0 Å². The Hall–Kier alpha value is -2.53. The highest BCUT2D eigenvalue weighted by Crippen LogP contribution is 2.20. The summed E-state index contributed by atoms with van der Waals surface area (Å²) in [6.45, 7) is 0.450. The number of carboxylic acids is 1. The lowest BCUT2D eigenvalue weighted by Gasteiger charge is -2.11. The molecule has 5 nitrogen and oxygen atoms in total. The van der Waals surface area contributed by atoms with Gasteiger partial charge in [0.05, 0.1) is 0 Å². The molecule has 0 aliphatic heterocycles. The van der Waals surface area contributed by atoms with Crippen molar-refractivity contribution < 1.29 is 15.0 Å². The van der Waals surface area contributed by atoms with Gasteiger partial charge in [0, 0.05) is 17.8 Å². The molecule has 0 radical (unpaired) electrons. The molecule has 0 aliphatic rings. The van der Waals surface area contributed by atoms with E-state index in [1.165, 1.54) is 0 Å². The maximum Gasteiger partial charge on any atom is 0.320 e. The zero-order valence-electron chi connectivity index (χ0n) is 11.5. The minimum atomic E-state index is -1.04. The van der Waals surface area contributed by atoms with Crippen molar-refractivity contribution in [3.8, 4) is 5.75 Å². The first-order valence-electron chi connectivity index (χ1n) is 6.64. The molecule has 21 heavy (non-hydrogen) atoms. The molecule has 2 rings (SSSR count). The number of phenols is 1. The number of nitrogens with one attached hydrogen (secondary N) is 1. The molecular formula is C16H18N2O3. The number of benzene rings is 2. The van der Waals surface area contributed by atoms with Crippen LogP contribution in [0.15, 0.2) is 48.5 Å². The van der Waals surface area contributed by atoms with Crippen molar-refractivity contribution in [3.63, 3.8) is 0 Å². The van der Waals surface area contributed by atoms with Crippen LogP contribution in [0.4, 0.5) is 5.69 Å². The van der Waals surface area contributed by atoms with Crippen LogP contribution in [0.25, 0.3) is 0 Å². The minimum absolute atomic E-state index is 0.172. The number of aromatic hydroxyl groups is 1. The summed E-state index contributed by atoms with van der Waals surface area (Å²) in [6, 6.07) is 13.7. The summed E-state index contributed by atoms with van der Waals surface area (Å²) < 4.78 is 0. The second-order valence-electron chi connectivity index (χ2n) is 4.83. The molecule has 0 saturated carbocycles. The fourth-order valence-electron chi connectivity index (χ4n) is 2.00. The van der Waals surface area contributed by atoms with Crippen LogP contribution in [-0.2, 0) is 17.8 Å². The maximum absolute atomic E-state index is 10.8. The summed E-state index contributed by atoms with van der Waals surface area (Å²) in [5.74, 6) is -0.863. The van der Waals surface area contributed by atoms with E-state index in [1.807, 2.05) is 30.3 Å². The molecule has 0 amide bonds. The molecule has 0 aliphatic carbocycles. The third-order valence-corrected chi connectivity index (χ3v) is 3.17. The summed E-state index contributed by atoms with van der Waals surface area (Å²) in [5, 5.41) is 21.9. The van der Waals surface area contributed by atoms with E-state index in [4.69, 9.17) is 10.8 Å². The van der Waals surface area contributed by atoms with Crippen LogP contribution in [0.1, 0.15) is 11.1 Å². The van der Waals surface area contributed by atoms with E-state index < -0.39 is 12.0 Å². The van der Waals surface area contributed by atoms with E-state index in [0.29, 0.717) is 12.1 Å². The van der Waals surface area contributed by atoms with Gasteiger partial charge in [0.15, 0.2) is 0 Å². The number of rotatable bonds is 6. The number of hydrogen-bond acceptors (Lipinski definition) is 4. The second-order valence-corrected chi connectivity index (χ2v) is 4.83. The number of nitrogens with two attached hydrogens (primary N) is 1. The molecule has 0 fully saturated rings. The number of carboxylic acid groups (broad SMARTS) is 1. The standard InChI is InChI=1S/C16H18N2O3/c17-14(16(20)21)9-11-6-7-15(19)12(8-11)10-18-13-4-2-1-3-5-13/h1-8,14,18-19H,9-10,17H2,(H,20,21). The highest BCUT2D eigenvalue weighted by atomic mass is 16.4. The Balaban J connectivity index is 2.06. The first-order valence-corrected chi connectivity index (χ1v) is 6.64. The molecule has 5 heteroatoms. The van der Waals surface area contributed by atoms with Gasteiger partial charge in [-0.05, 0) is 30.2 Å². The van der Waals surface area contributed by atoms with Gasteiger partial charge in [-0.25, -0.2) is 0 Å². The van der Waals surface area contributed by atoms with Crippen molar-refractivity contribution in [2.45, 2.75) is 19.0 Å². The van der Waals surface area contributed by atoms with Crippen LogP contribution >= 0.6 is 0 Å². The van der Waals surface area contributed by atoms with E-state index in [1.54, 1.807) is 18.2 Å². The quantitative estimate of drug-likeness (QED) is 0.651. The number of anilines is 1. The molecule has 2 aromatic carbocycles. The maximum atomic E-state index is 10.8. The Morgan fingerprint density at radius 1 is 1.19 bits per heavy atom. The Kier molecular flexibility index (Phi) is 4.79. The molecule has 110 valence electrons. The van der Waals surface area contributed by atoms with Crippen LogP contribution in [-0.4, -0.2) is 22.2 Å². The van der Waals surface area contributed by atoms with Gasteiger partial charge in [0.2, 0.25) is 0 Å². The lowest BCUT2D eigenvalue weighted by molar-refractivity contribution is -0.138. The van der Waals surface area contributed by atoms with Gasteiger partial charge in [-0.3, -0.25) is 4.79 Å². The number of hydrogen-bond donors (Lipinski definition) is 4. The molecule has 2 aromatic rings. The van der Waals surface area contributed by atoms with Crippen LogP contribution in [0, 0.1) is 0 Å². The highest BCUT2D eigenvalue weighted by molar-refractivity contribution is 5.73. The van der Waals surface area contributed by atoms with Crippen molar-refractivity contribution >= 4 is 11.7 Å². The monoisotopic (exact) mass is 286 g/mol. The van der Waals surface area contributed by atoms with E-state index in [-0.39, 0.29) is 12.2 Å². The number of phenolic OH excluding ortho intramolecular Hbond substituents is 1. The molecule has 5 N–H and O–H groups in total. The fraction of sp³-hybridized carbons (Fsp3) is 0.188. The second kappa shape index (κ2) is 6.76. The van der Waals surface area contributed by atoms with E-state index in [0.717, 1.165) is 11.3 Å². The van der Waals surface area contributed by atoms with Crippen molar-refractivity contribution in [1.82, 2.24) is 0 Å². The topological polar surface area (TPSA) is 95.6 Å². The lowest BCUT2D eigenvalue weighted by atomic mass is 10.0. The minimum Gasteiger partial charge on any atom is -0.508 e. The zero-order chi connectivity index (χ0) is 15.2. The summed E-state index contributed by atoms with van der Waals surface area (Å²) in [4.78, 5) is 10.8. The van der Waals surface area contributed by atoms with E-state index >= 15 is 0 Å². The van der Waals surface area contributed by atoms with Crippen LogP contribution in [0.5, 0.6) is 5.75 Å². The third kappa shape index (κ3) is 4.22. The Labute approximate surface area is 123 Å². The van der Waals surface area contributed by atoms with Crippen LogP contribution < -0.4 is 11.1 Å². The zero-order valence-corrected chi connectivity index (χ0v) is 11.5. The molecule has 0 bridgehead atoms. The molecule has 0 aromatic heterocycles. The molecule has 0 saturated heterocycles. The summed E-state index contributed by atoms with van der Waals surface area (Å²) >= 11 is 0. The lowest BCUT2D eigenvalue weighted by Crippen LogP contribution is -2.32. The first kappa shape index (κ1) is 14.9. The number of para-hydroxylation sites is 1. The molecule has 0 heterocycles. The van der Waals surface area contributed by atoms with Crippen LogP contribution in [0.2, 0.25) is 0 Å². The smallest absolute Gasteiger partial charge is 0.320 e. The predicted octanol–water partition coefficient (Wildman–Crippen LogP) is 1.96. The van der Waals surface area contributed by atoms with Gasteiger partial charge >= 0.3 is 5.97 Å². The fourth-order valence-corrected chi connectivity index (χ4v) is 2.00. The molecule has 1 unspecified atom stereocenters. The van der Waals surface area contributed by atoms with Crippen LogP contribution in [0.3, 0.4) is 0 Å². The van der Waals surface area contributed by atoms with Gasteiger partial charge in [-0.15, -0.1) is 0 Å². The summed E-state index contributed by atoms with van der Waals surface area (Å²) in [5.41, 5.74) is 7.96. The Morgan fingerprint density at radius 2 is 1.90 bits per heavy atom. The van der Waals surface area contributed by atoms with Gasteiger partial charge in [-0.2, -0.15) is 0 Å². The number of aliphatic carboxylic acids is 1. The molecule has 0 spiro atoms. The van der Waals surface area contributed by atoms with Crippen molar-refractivity contribution in [2.75, 3.05) is 5.32 Å². The molecule has 1 atom stereocenters. The van der Waals surface area contributed by atoms with Gasteiger partial charge in [0.1, 0.15) is 11.8 Å². The average Bonchev–Trinajstić information content (AvgIpc) is 2.48. The average molecular weight is 286 g/mol. The van der Waals surface area contributed by atoms with Gasteiger partial charge in [-0.1, -0.05) is 30.3 Å². The van der Waals surface area contributed by atoms with E-state index in [9.17, 15) is 9.90 Å². The predicted molar refractivity (Wildman–Crippen MR) is 81.2 cm³/mol. The number of carbonyl (C=O) groups is 1. The third-order valence-electron chi connectivity index (χ3n) is 3.17. The Bertz CT molecular complexity index is 614. The summed E-state index contributed by atoms with van der Waals surface area (Å²) in [7, 11) is 0. The largest absolute Gasteiger partial charge is 0.508 e. The Morgan fingerprint density at radius 3 is 2.57 bits per heavy atom. The summed E-state index contributed by atoms with van der Waals surface area (Å²) in [6.07, 6.45) is 0.230. The van der Waals surface area contributed by atoms with E-state index in [2.05, 4.69) is 5.32 Å². The SMILES string of the molecule is NC(Cc1ccc(O)c(CNc2ccccc2)c1)C(=O)O. The highest BCUT2D eigenvalue weighted by Gasteiger charge is 2.13. The van der Waals surface area contributed by atoms with Gasteiger partial charge in [0.25, 0.3) is 0 Å². The first-order chi connectivity index (χ1) is 10.1. The van der Waals surface area contributed by atoms with Crippen molar-refractivity contribution in [3.05, 3.63) is 59.7 Å².